The third-order valence-corrected chi connectivity index (χ3v) is 2.61. The highest BCUT2D eigenvalue weighted by Gasteiger charge is 2.44. The van der Waals surface area contributed by atoms with Crippen LogP contribution in [0.1, 0.15) is 0 Å². The van der Waals surface area contributed by atoms with E-state index in [-0.39, 0.29) is 0 Å². The number of carboxylic acids is 1. The van der Waals surface area contributed by atoms with Crippen LogP contribution in [0.2, 0.25) is 0 Å². The van der Waals surface area contributed by atoms with Crippen LogP contribution in [0.5, 0.6) is 0 Å². The third kappa shape index (κ3) is 3.36. The molecule has 1 unspecified atom stereocenters. The quantitative estimate of drug-likeness (QED) is 0.293. The summed E-state index contributed by atoms with van der Waals surface area (Å²) in [6.07, 6.45) is -7.09. The molecule has 1 saturated heterocycles. The lowest BCUT2D eigenvalue weighted by Gasteiger charge is -2.39. The Bertz CT molecular complexity index is 286. The highest BCUT2D eigenvalue weighted by Crippen LogP contribution is 2.21. The minimum Gasteiger partial charge on any atom is -0.480 e. The van der Waals surface area contributed by atoms with Gasteiger partial charge in [0.15, 0.2) is 6.29 Å². The normalized spacial score (nSPS) is 38.4. The molecular formula is C9H17NO8. The van der Waals surface area contributed by atoms with E-state index < -0.39 is 55.9 Å². The first kappa shape index (κ1) is 15.2. The van der Waals surface area contributed by atoms with Crippen LogP contribution in [0, 0.1) is 0 Å². The number of ether oxygens (including phenoxy) is 2. The Balaban J connectivity index is 2.56. The molecule has 1 fully saturated rings. The van der Waals surface area contributed by atoms with Gasteiger partial charge in [-0.15, -0.1) is 0 Å². The lowest BCUT2D eigenvalue weighted by molar-refractivity contribution is -0.301. The molecule has 9 nitrogen and oxygen atoms in total. The zero-order chi connectivity index (χ0) is 13.9. The van der Waals surface area contributed by atoms with Crippen LogP contribution in [-0.2, 0) is 14.3 Å². The number of nitrogens with two attached hydrogens (primary N) is 1. The van der Waals surface area contributed by atoms with Crippen LogP contribution in [-0.4, -0.2) is 81.5 Å². The number of rotatable bonds is 5. The zero-order valence-corrected chi connectivity index (χ0v) is 9.42. The topological polar surface area (TPSA) is 163 Å². The van der Waals surface area contributed by atoms with E-state index in [2.05, 4.69) is 0 Å². The Labute approximate surface area is 102 Å². The number of hydrogen-bond acceptors (Lipinski definition) is 8. The Morgan fingerprint density at radius 2 is 1.89 bits per heavy atom. The Morgan fingerprint density at radius 3 is 2.39 bits per heavy atom. The summed E-state index contributed by atoms with van der Waals surface area (Å²) in [5.74, 6) is -1.29. The van der Waals surface area contributed by atoms with E-state index in [1.807, 2.05) is 0 Å². The van der Waals surface area contributed by atoms with Gasteiger partial charge < -0.3 is 40.7 Å². The molecular weight excluding hydrogens is 250 g/mol. The maximum absolute atomic E-state index is 10.5. The molecule has 1 rings (SSSR count). The maximum Gasteiger partial charge on any atom is 0.322 e. The highest BCUT2D eigenvalue weighted by molar-refractivity contribution is 5.73. The van der Waals surface area contributed by atoms with Crippen LogP contribution < -0.4 is 5.73 Å². The number of carboxylic acid groups (broad SMARTS) is 1. The van der Waals surface area contributed by atoms with Crippen LogP contribution in [0.4, 0.5) is 0 Å². The van der Waals surface area contributed by atoms with Gasteiger partial charge in [-0.1, -0.05) is 0 Å². The fourth-order valence-electron chi connectivity index (χ4n) is 1.47. The number of aliphatic hydroxyl groups excluding tert-OH is 4. The lowest BCUT2D eigenvalue weighted by atomic mass is 9.99. The van der Waals surface area contributed by atoms with E-state index in [0.29, 0.717) is 0 Å². The molecule has 1 aliphatic heterocycles. The van der Waals surface area contributed by atoms with Crippen LogP contribution in [0.3, 0.4) is 0 Å². The molecule has 0 aromatic rings. The van der Waals surface area contributed by atoms with Crippen molar-refractivity contribution in [1.82, 2.24) is 0 Å². The standard InChI is InChI=1S/C9H17NO8/c10-3(8(15)16)2-17-9-7(14)6(13)5(12)4(1-11)18-9/h3-7,9,11-14H,1-2,10H2,(H,15,16)/t3-,4+,5+,6-,7+,9?/m0/s1. The van der Waals surface area contributed by atoms with Crippen LogP contribution in [0.15, 0.2) is 0 Å². The molecule has 7 N–H and O–H groups in total. The van der Waals surface area contributed by atoms with Crippen molar-refractivity contribution in [2.24, 2.45) is 5.73 Å². The van der Waals surface area contributed by atoms with Gasteiger partial charge >= 0.3 is 5.97 Å². The van der Waals surface area contributed by atoms with Gasteiger partial charge in [0, 0.05) is 0 Å². The molecule has 0 amide bonds. The summed E-state index contributed by atoms with van der Waals surface area (Å²) in [5, 5.41) is 45.9. The first-order valence-electron chi connectivity index (χ1n) is 5.29. The molecule has 0 radical (unpaired) electrons. The van der Waals surface area contributed by atoms with Crippen molar-refractivity contribution in [1.29, 1.82) is 0 Å². The van der Waals surface area contributed by atoms with Crippen LogP contribution in [0.25, 0.3) is 0 Å². The molecule has 9 heteroatoms. The second-order valence-corrected chi connectivity index (χ2v) is 3.98. The Morgan fingerprint density at radius 1 is 1.28 bits per heavy atom. The second-order valence-electron chi connectivity index (χ2n) is 3.98. The molecule has 0 aromatic carbocycles. The summed E-state index contributed by atoms with van der Waals surface area (Å²) < 4.78 is 9.89. The minimum absolute atomic E-state index is 0.446. The smallest absolute Gasteiger partial charge is 0.322 e. The molecule has 1 aliphatic rings. The van der Waals surface area contributed by atoms with Gasteiger partial charge in [0.05, 0.1) is 13.2 Å². The van der Waals surface area contributed by atoms with Crippen LogP contribution >= 0.6 is 0 Å². The predicted octanol–water partition coefficient (Wildman–Crippen LogP) is -3.79. The fraction of sp³-hybridized carbons (Fsp3) is 0.889. The number of carbonyl (C=O) groups is 1. The molecule has 0 spiro atoms. The highest BCUT2D eigenvalue weighted by atomic mass is 16.7. The summed E-state index contributed by atoms with van der Waals surface area (Å²) in [6, 6.07) is -1.31. The molecule has 1 heterocycles. The Kier molecular flexibility index (Phi) is 5.41. The third-order valence-electron chi connectivity index (χ3n) is 2.61. The SMILES string of the molecule is N[C@@H](COC1O[C@H](CO)[C@@H](O)[C@H](O)[C@H]1O)C(=O)O. The van der Waals surface area contributed by atoms with Gasteiger partial charge in [0.1, 0.15) is 30.5 Å². The average molecular weight is 267 g/mol. The molecule has 0 aliphatic carbocycles. The average Bonchev–Trinajstić information content (AvgIpc) is 2.34. The first-order chi connectivity index (χ1) is 8.38. The molecule has 0 bridgehead atoms. The van der Waals surface area contributed by atoms with Crippen molar-refractivity contribution in [3.05, 3.63) is 0 Å². The van der Waals surface area contributed by atoms with E-state index >= 15 is 0 Å². The van der Waals surface area contributed by atoms with Gasteiger partial charge in [0.2, 0.25) is 0 Å². The van der Waals surface area contributed by atoms with Crippen molar-refractivity contribution >= 4 is 5.97 Å². The van der Waals surface area contributed by atoms with E-state index in [0.717, 1.165) is 0 Å². The van der Waals surface area contributed by atoms with E-state index in [4.69, 9.17) is 25.4 Å². The maximum atomic E-state index is 10.5. The lowest BCUT2D eigenvalue weighted by Crippen LogP contribution is -2.59. The molecule has 0 aromatic heterocycles. The van der Waals surface area contributed by atoms with Gasteiger partial charge in [-0.25, -0.2) is 0 Å². The van der Waals surface area contributed by atoms with Gasteiger partial charge in [-0.05, 0) is 0 Å². The van der Waals surface area contributed by atoms with Gasteiger partial charge in [-0.2, -0.15) is 0 Å². The molecule has 18 heavy (non-hydrogen) atoms. The van der Waals surface area contributed by atoms with Crippen molar-refractivity contribution in [3.63, 3.8) is 0 Å². The largest absolute Gasteiger partial charge is 0.480 e. The van der Waals surface area contributed by atoms with Gasteiger partial charge in [0.25, 0.3) is 0 Å². The number of hydrogen-bond donors (Lipinski definition) is 6. The summed E-state index contributed by atoms with van der Waals surface area (Å²) in [5.41, 5.74) is 5.19. The fourth-order valence-corrected chi connectivity index (χ4v) is 1.47. The Hall–Kier alpha value is -0.810. The minimum atomic E-state index is -1.57. The summed E-state index contributed by atoms with van der Waals surface area (Å²) in [7, 11) is 0. The molecule has 0 saturated carbocycles. The van der Waals surface area contributed by atoms with Crippen molar-refractivity contribution < 1.29 is 39.8 Å². The zero-order valence-electron chi connectivity index (χ0n) is 9.42. The summed E-state index contributed by atoms with van der Waals surface area (Å²) in [4.78, 5) is 10.5. The van der Waals surface area contributed by atoms with Gasteiger partial charge in [-0.3, -0.25) is 4.79 Å². The monoisotopic (exact) mass is 267 g/mol. The van der Waals surface area contributed by atoms with Crippen molar-refractivity contribution in [2.75, 3.05) is 13.2 Å². The second kappa shape index (κ2) is 6.38. The summed E-state index contributed by atoms with van der Waals surface area (Å²) in [6.45, 7) is -1.03. The van der Waals surface area contributed by atoms with E-state index in [1.165, 1.54) is 0 Å². The predicted molar refractivity (Wildman–Crippen MR) is 55.3 cm³/mol. The molecule has 106 valence electrons. The summed E-state index contributed by atoms with van der Waals surface area (Å²) >= 11 is 0. The van der Waals surface area contributed by atoms with Crippen molar-refractivity contribution in [2.45, 2.75) is 36.7 Å². The first-order valence-corrected chi connectivity index (χ1v) is 5.29. The number of aliphatic hydroxyl groups is 4. The molecule has 6 atom stereocenters. The van der Waals surface area contributed by atoms with E-state index in [1.54, 1.807) is 0 Å². The number of aliphatic carboxylic acids is 1. The van der Waals surface area contributed by atoms with E-state index in [9.17, 15) is 20.1 Å². The van der Waals surface area contributed by atoms with Crippen molar-refractivity contribution in [3.8, 4) is 0 Å².